The first-order chi connectivity index (χ1) is 10.8. The number of carbonyl (C=O) groups excluding carboxylic acids is 1. The maximum atomic E-state index is 12.7. The molecule has 1 atom stereocenters. The van der Waals surface area contributed by atoms with Crippen LogP contribution in [0, 0.1) is 5.92 Å². The van der Waals surface area contributed by atoms with Gasteiger partial charge in [0, 0.05) is 31.2 Å². The fraction of sp³-hybridized carbons (Fsp3) is 0.562. The van der Waals surface area contributed by atoms with Crippen LogP contribution in [0.4, 0.5) is 5.69 Å². The summed E-state index contributed by atoms with van der Waals surface area (Å²) < 4.78 is 28.3. The van der Waals surface area contributed by atoms with Crippen molar-refractivity contribution in [1.29, 1.82) is 0 Å². The molecule has 3 rings (SSSR count). The number of rotatable bonds is 5. The Morgan fingerprint density at radius 1 is 1.43 bits per heavy atom. The van der Waals surface area contributed by atoms with E-state index in [1.54, 1.807) is 23.1 Å². The Labute approximate surface area is 137 Å². The highest BCUT2D eigenvalue weighted by Gasteiger charge is 2.43. The minimum absolute atomic E-state index is 0.0731. The van der Waals surface area contributed by atoms with E-state index in [2.05, 4.69) is 4.72 Å². The highest BCUT2D eigenvalue weighted by Crippen LogP contribution is 2.40. The van der Waals surface area contributed by atoms with E-state index >= 15 is 0 Å². The van der Waals surface area contributed by atoms with E-state index in [4.69, 9.17) is 5.73 Å². The number of sulfonamides is 1. The zero-order chi connectivity index (χ0) is 16.8. The lowest BCUT2D eigenvalue weighted by molar-refractivity contribution is -0.116. The Morgan fingerprint density at radius 3 is 2.70 bits per heavy atom. The molecule has 1 unspecified atom stereocenters. The van der Waals surface area contributed by atoms with Crippen LogP contribution >= 0.6 is 0 Å². The number of hydrogen-bond donors (Lipinski definition) is 2. The predicted molar refractivity (Wildman–Crippen MR) is 88.7 cm³/mol. The van der Waals surface area contributed by atoms with Crippen LogP contribution in [-0.4, -0.2) is 33.0 Å². The summed E-state index contributed by atoms with van der Waals surface area (Å²) in [4.78, 5) is 13.5. The molecule has 6 nitrogen and oxygen atoms in total. The van der Waals surface area contributed by atoms with Crippen molar-refractivity contribution in [2.45, 2.75) is 43.5 Å². The molecule has 0 aromatic heterocycles. The van der Waals surface area contributed by atoms with E-state index in [1.165, 1.54) is 6.92 Å². The molecule has 3 N–H and O–H groups in total. The number of carbonyl (C=O) groups is 1. The number of benzene rings is 1. The monoisotopic (exact) mass is 337 g/mol. The van der Waals surface area contributed by atoms with Crippen molar-refractivity contribution in [1.82, 2.24) is 4.72 Å². The first-order valence-electron chi connectivity index (χ1n) is 7.92. The first kappa shape index (κ1) is 16.4. The summed E-state index contributed by atoms with van der Waals surface area (Å²) in [5.41, 5.74) is 6.89. The number of nitrogens with one attached hydrogen (secondary N) is 1. The maximum Gasteiger partial charge on any atom is 0.241 e. The molecule has 1 aliphatic carbocycles. The highest BCUT2D eigenvalue weighted by atomic mass is 32.2. The summed E-state index contributed by atoms with van der Waals surface area (Å²) in [6, 6.07) is 4.99. The van der Waals surface area contributed by atoms with Gasteiger partial charge in [-0.1, -0.05) is 6.07 Å². The van der Waals surface area contributed by atoms with Crippen molar-refractivity contribution < 1.29 is 13.2 Å². The Hall–Kier alpha value is -1.44. The third-order valence-electron chi connectivity index (χ3n) is 4.91. The molecule has 7 heteroatoms. The standard InChI is InChI=1S/C16H23N3O3S/c1-11(20)19-8-7-12-3-6-14(9-15(12)19)23(21,22)18-16(2,10-17)13-4-5-13/h3,6,9,13,18H,4-5,7-8,10,17H2,1-2H3. The molecule has 0 radical (unpaired) electrons. The van der Waals surface area contributed by atoms with E-state index < -0.39 is 15.6 Å². The Kier molecular flexibility index (Phi) is 3.98. The van der Waals surface area contributed by atoms with Gasteiger partial charge in [-0.2, -0.15) is 0 Å². The minimum atomic E-state index is -3.67. The summed E-state index contributed by atoms with van der Waals surface area (Å²) in [6.45, 7) is 4.22. The molecule has 1 fully saturated rings. The van der Waals surface area contributed by atoms with Gasteiger partial charge in [-0.25, -0.2) is 13.1 Å². The molecule has 1 saturated carbocycles. The molecule has 23 heavy (non-hydrogen) atoms. The van der Waals surface area contributed by atoms with E-state index in [9.17, 15) is 13.2 Å². The molecule has 126 valence electrons. The van der Waals surface area contributed by atoms with Crippen molar-refractivity contribution >= 4 is 21.6 Å². The summed E-state index contributed by atoms with van der Waals surface area (Å²) in [6.07, 6.45) is 2.75. The van der Waals surface area contributed by atoms with Crippen LogP contribution in [0.25, 0.3) is 0 Å². The summed E-state index contributed by atoms with van der Waals surface area (Å²) in [5.74, 6) is 0.224. The fourth-order valence-electron chi connectivity index (χ4n) is 3.23. The van der Waals surface area contributed by atoms with Gasteiger partial charge in [0.1, 0.15) is 0 Å². The molecule has 0 spiro atoms. The first-order valence-corrected chi connectivity index (χ1v) is 9.40. The smallest absolute Gasteiger partial charge is 0.241 e. The molecule has 0 saturated heterocycles. The molecular weight excluding hydrogens is 314 g/mol. The second-order valence-corrected chi connectivity index (χ2v) is 8.39. The molecular formula is C16H23N3O3S. The summed E-state index contributed by atoms with van der Waals surface area (Å²) >= 11 is 0. The van der Waals surface area contributed by atoms with Crippen LogP contribution in [0.15, 0.2) is 23.1 Å². The van der Waals surface area contributed by atoms with Crippen LogP contribution < -0.4 is 15.4 Å². The van der Waals surface area contributed by atoms with Gasteiger partial charge in [-0.15, -0.1) is 0 Å². The van der Waals surface area contributed by atoms with Gasteiger partial charge in [0.05, 0.1) is 4.90 Å². The van der Waals surface area contributed by atoms with Gasteiger partial charge in [0.25, 0.3) is 0 Å². The van der Waals surface area contributed by atoms with Gasteiger partial charge in [0.15, 0.2) is 0 Å². The normalized spacial score (nSPS) is 20.2. The lowest BCUT2D eigenvalue weighted by atomic mass is 9.98. The van der Waals surface area contributed by atoms with E-state index in [1.807, 2.05) is 6.92 Å². The molecule has 1 aromatic rings. The predicted octanol–water partition coefficient (Wildman–Crippen LogP) is 1.00. The summed E-state index contributed by atoms with van der Waals surface area (Å²) in [7, 11) is -3.67. The van der Waals surface area contributed by atoms with Gasteiger partial charge >= 0.3 is 0 Å². The number of fused-ring (bicyclic) bond motifs is 1. The van der Waals surface area contributed by atoms with Gasteiger partial charge in [-0.05, 0) is 49.8 Å². The number of anilines is 1. The lowest BCUT2D eigenvalue weighted by Crippen LogP contribution is -2.52. The SMILES string of the molecule is CC(=O)N1CCc2ccc(S(=O)(=O)NC(C)(CN)C3CC3)cc21. The third kappa shape index (κ3) is 3.00. The lowest BCUT2D eigenvalue weighted by Gasteiger charge is -2.29. The highest BCUT2D eigenvalue weighted by molar-refractivity contribution is 7.89. The third-order valence-corrected chi connectivity index (χ3v) is 6.52. The van der Waals surface area contributed by atoms with Crippen LogP contribution in [-0.2, 0) is 21.2 Å². The van der Waals surface area contributed by atoms with Gasteiger partial charge < -0.3 is 10.6 Å². The average molecular weight is 337 g/mol. The number of hydrogen-bond acceptors (Lipinski definition) is 4. The summed E-state index contributed by atoms with van der Waals surface area (Å²) in [5, 5.41) is 0. The van der Waals surface area contributed by atoms with Crippen molar-refractivity contribution in [2.75, 3.05) is 18.0 Å². The molecule has 1 heterocycles. The van der Waals surface area contributed by atoms with E-state index in [0.29, 0.717) is 18.2 Å². The fourth-order valence-corrected chi connectivity index (χ4v) is 4.73. The Morgan fingerprint density at radius 2 is 2.13 bits per heavy atom. The minimum Gasteiger partial charge on any atom is -0.329 e. The largest absolute Gasteiger partial charge is 0.329 e. The number of amides is 1. The molecule has 1 aromatic carbocycles. The maximum absolute atomic E-state index is 12.7. The Balaban J connectivity index is 1.92. The van der Waals surface area contributed by atoms with Crippen molar-refractivity contribution in [3.63, 3.8) is 0 Å². The topological polar surface area (TPSA) is 92.5 Å². The Bertz CT molecular complexity index is 743. The van der Waals surface area contributed by atoms with Crippen LogP contribution in [0.1, 0.15) is 32.3 Å². The molecule has 2 aliphatic rings. The second kappa shape index (κ2) is 5.58. The van der Waals surface area contributed by atoms with Crippen molar-refractivity contribution in [3.05, 3.63) is 23.8 Å². The zero-order valence-corrected chi connectivity index (χ0v) is 14.3. The van der Waals surface area contributed by atoms with Crippen LogP contribution in [0.3, 0.4) is 0 Å². The molecule has 1 aliphatic heterocycles. The second-order valence-electron chi connectivity index (χ2n) is 6.71. The van der Waals surface area contributed by atoms with Gasteiger partial charge in [-0.3, -0.25) is 4.79 Å². The van der Waals surface area contributed by atoms with Crippen LogP contribution in [0.2, 0.25) is 0 Å². The van der Waals surface area contributed by atoms with Gasteiger partial charge in [0.2, 0.25) is 15.9 Å². The average Bonchev–Trinajstić information content (AvgIpc) is 3.26. The molecule has 0 bridgehead atoms. The molecule has 1 amide bonds. The van der Waals surface area contributed by atoms with Crippen molar-refractivity contribution in [2.24, 2.45) is 11.7 Å². The van der Waals surface area contributed by atoms with Crippen LogP contribution in [0.5, 0.6) is 0 Å². The zero-order valence-electron chi connectivity index (χ0n) is 13.5. The van der Waals surface area contributed by atoms with Crippen molar-refractivity contribution in [3.8, 4) is 0 Å². The van der Waals surface area contributed by atoms with E-state index in [-0.39, 0.29) is 17.3 Å². The quantitative estimate of drug-likeness (QED) is 0.838. The number of nitrogens with zero attached hydrogens (tertiary/aromatic N) is 1. The number of nitrogens with two attached hydrogens (primary N) is 1. The van der Waals surface area contributed by atoms with E-state index in [0.717, 1.165) is 24.8 Å².